The van der Waals surface area contributed by atoms with E-state index in [-0.39, 0.29) is 6.61 Å². The molecule has 0 fully saturated rings. The number of ether oxygens (including phenoxy) is 4. The fourth-order valence-electron chi connectivity index (χ4n) is 1.54. The van der Waals surface area contributed by atoms with Gasteiger partial charge in [-0.2, -0.15) is 0 Å². The van der Waals surface area contributed by atoms with Crippen molar-refractivity contribution in [3.05, 3.63) is 24.0 Å². The van der Waals surface area contributed by atoms with Crippen LogP contribution in [0, 0.1) is 0 Å². The maximum Gasteiger partial charge on any atom is 0.111 e. The number of aliphatic hydroxyl groups is 1. The summed E-state index contributed by atoms with van der Waals surface area (Å²) in [5, 5.41) is 8.48. The van der Waals surface area contributed by atoms with Gasteiger partial charge in [-0.1, -0.05) is 26.0 Å². The molecule has 0 aromatic carbocycles. The summed E-state index contributed by atoms with van der Waals surface area (Å²) in [6.45, 7) is 7.71. The van der Waals surface area contributed by atoms with Crippen LogP contribution in [-0.2, 0) is 18.9 Å². The molecule has 0 bridgehead atoms. The molecule has 0 amide bonds. The van der Waals surface area contributed by atoms with Crippen LogP contribution in [0.1, 0.15) is 26.7 Å². The maximum absolute atomic E-state index is 8.48. The molecule has 0 aromatic heterocycles. The van der Waals surface area contributed by atoms with Crippen LogP contribution < -0.4 is 0 Å². The number of hydrogen-bond donors (Lipinski definition) is 1. The molecule has 0 saturated carbocycles. The zero-order chi connectivity index (χ0) is 15.6. The lowest BCUT2D eigenvalue weighted by atomic mass is 10.2. The summed E-state index contributed by atoms with van der Waals surface area (Å²) in [5.41, 5.74) is 0. The highest BCUT2D eigenvalue weighted by Crippen LogP contribution is 2.12. The molecule has 21 heavy (non-hydrogen) atoms. The predicted molar refractivity (Wildman–Crippen MR) is 83.3 cm³/mol. The second-order valence-corrected chi connectivity index (χ2v) is 4.01. The van der Waals surface area contributed by atoms with E-state index in [1.807, 2.05) is 26.0 Å². The van der Waals surface area contributed by atoms with E-state index in [9.17, 15) is 0 Å². The van der Waals surface area contributed by atoms with Crippen molar-refractivity contribution in [2.24, 2.45) is 0 Å². The molecule has 124 valence electrons. The van der Waals surface area contributed by atoms with Crippen LogP contribution in [0.2, 0.25) is 0 Å². The van der Waals surface area contributed by atoms with E-state index in [4.69, 9.17) is 24.1 Å². The Morgan fingerprint density at radius 1 is 0.905 bits per heavy atom. The molecule has 5 nitrogen and oxygen atoms in total. The summed E-state index contributed by atoms with van der Waals surface area (Å²) in [4.78, 5) is 0. The molecule has 1 aliphatic rings. The second-order valence-electron chi connectivity index (χ2n) is 4.01. The molecule has 5 heteroatoms. The van der Waals surface area contributed by atoms with Crippen LogP contribution in [0.25, 0.3) is 0 Å². The van der Waals surface area contributed by atoms with Crippen molar-refractivity contribution >= 4 is 0 Å². The number of hydrogen-bond acceptors (Lipinski definition) is 5. The standard InChI is InChI=1S/C14H24O5.C2H6/c15-6-7-16-8-9-17-10-11-18-12-13-19-14-4-2-1-3-5-14;1-2/h1-2,4,15H,3,5-13H2;1-2H3. The summed E-state index contributed by atoms with van der Waals surface area (Å²) >= 11 is 0. The van der Waals surface area contributed by atoms with Crippen molar-refractivity contribution in [2.75, 3.05) is 52.9 Å². The van der Waals surface area contributed by atoms with Crippen LogP contribution in [0.5, 0.6) is 0 Å². The summed E-state index contributed by atoms with van der Waals surface area (Å²) in [5.74, 6) is 1.03. The Kier molecular flexibility index (Phi) is 16.5. The fraction of sp³-hybridized carbons (Fsp3) is 0.750. The van der Waals surface area contributed by atoms with Gasteiger partial charge in [0, 0.05) is 6.42 Å². The molecular formula is C16H30O5. The monoisotopic (exact) mass is 302 g/mol. The lowest BCUT2D eigenvalue weighted by Gasteiger charge is -2.11. The van der Waals surface area contributed by atoms with Crippen LogP contribution in [0.4, 0.5) is 0 Å². The minimum Gasteiger partial charge on any atom is -0.496 e. The van der Waals surface area contributed by atoms with Gasteiger partial charge in [0.1, 0.15) is 6.61 Å². The van der Waals surface area contributed by atoms with E-state index in [1.165, 1.54) is 0 Å². The van der Waals surface area contributed by atoms with Gasteiger partial charge in [0.25, 0.3) is 0 Å². The fourth-order valence-corrected chi connectivity index (χ4v) is 1.54. The summed E-state index contributed by atoms with van der Waals surface area (Å²) < 4.78 is 21.3. The van der Waals surface area contributed by atoms with Gasteiger partial charge in [0.15, 0.2) is 0 Å². The van der Waals surface area contributed by atoms with Crippen LogP contribution in [0.3, 0.4) is 0 Å². The van der Waals surface area contributed by atoms with Crippen LogP contribution in [0.15, 0.2) is 24.0 Å². The Balaban J connectivity index is 0.00000191. The molecule has 0 aromatic rings. The molecule has 0 radical (unpaired) electrons. The third-order valence-corrected chi connectivity index (χ3v) is 2.47. The quantitative estimate of drug-likeness (QED) is 0.561. The minimum absolute atomic E-state index is 0.0509. The Hall–Kier alpha value is -0.880. The van der Waals surface area contributed by atoms with Gasteiger partial charge in [0.2, 0.25) is 0 Å². The topological polar surface area (TPSA) is 57.2 Å². The molecule has 0 aliphatic heterocycles. The Bertz CT molecular complexity index is 263. The van der Waals surface area contributed by atoms with Crippen LogP contribution in [-0.4, -0.2) is 58.0 Å². The van der Waals surface area contributed by atoms with E-state index in [0.29, 0.717) is 46.2 Å². The van der Waals surface area contributed by atoms with Crippen molar-refractivity contribution in [2.45, 2.75) is 26.7 Å². The average molecular weight is 302 g/mol. The zero-order valence-corrected chi connectivity index (χ0v) is 13.4. The highest BCUT2D eigenvalue weighted by Gasteiger charge is 1.99. The first-order valence-electron chi connectivity index (χ1n) is 7.76. The van der Waals surface area contributed by atoms with Gasteiger partial charge in [0.05, 0.1) is 52.0 Å². The van der Waals surface area contributed by atoms with E-state index < -0.39 is 0 Å². The smallest absolute Gasteiger partial charge is 0.111 e. The maximum atomic E-state index is 8.48. The van der Waals surface area contributed by atoms with Crippen molar-refractivity contribution in [1.29, 1.82) is 0 Å². The van der Waals surface area contributed by atoms with Crippen LogP contribution >= 0.6 is 0 Å². The number of aliphatic hydroxyl groups excluding tert-OH is 1. The molecule has 0 atom stereocenters. The lowest BCUT2D eigenvalue weighted by Crippen LogP contribution is -2.12. The van der Waals surface area contributed by atoms with Gasteiger partial charge < -0.3 is 24.1 Å². The molecule has 1 rings (SSSR count). The largest absolute Gasteiger partial charge is 0.496 e. The third-order valence-electron chi connectivity index (χ3n) is 2.47. The lowest BCUT2D eigenvalue weighted by molar-refractivity contribution is -0.000374. The van der Waals surface area contributed by atoms with E-state index in [1.54, 1.807) is 0 Å². The van der Waals surface area contributed by atoms with E-state index in [2.05, 4.69) is 6.08 Å². The molecule has 1 N–H and O–H groups in total. The molecule has 0 spiro atoms. The predicted octanol–water partition coefficient (Wildman–Crippen LogP) is 2.31. The van der Waals surface area contributed by atoms with Gasteiger partial charge >= 0.3 is 0 Å². The molecule has 0 saturated heterocycles. The Morgan fingerprint density at radius 3 is 2.00 bits per heavy atom. The molecule has 0 heterocycles. The first-order valence-corrected chi connectivity index (χ1v) is 7.76. The minimum atomic E-state index is 0.0509. The zero-order valence-electron chi connectivity index (χ0n) is 13.4. The molecular weight excluding hydrogens is 272 g/mol. The van der Waals surface area contributed by atoms with Crippen molar-refractivity contribution in [1.82, 2.24) is 0 Å². The molecule has 0 unspecified atom stereocenters. The Labute approximate surface area is 128 Å². The highest BCUT2D eigenvalue weighted by molar-refractivity contribution is 5.12. The number of allylic oxidation sites excluding steroid dienone is 4. The van der Waals surface area contributed by atoms with Crippen molar-refractivity contribution in [3.63, 3.8) is 0 Å². The highest BCUT2D eigenvalue weighted by atomic mass is 16.6. The Morgan fingerprint density at radius 2 is 1.48 bits per heavy atom. The first-order chi connectivity index (χ1) is 10.4. The van der Waals surface area contributed by atoms with Crippen molar-refractivity contribution < 1.29 is 24.1 Å². The van der Waals surface area contributed by atoms with E-state index in [0.717, 1.165) is 18.6 Å². The third kappa shape index (κ3) is 13.8. The van der Waals surface area contributed by atoms with Gasteiger partial charge in [-0.25, -0.2) is 0 Å². The van der Waals surface area contributed by atoms with Gasteiger partial charge in [-0.05, 0) is 12.5 Å². The summed E-state index contributed by atoms with van der Waals surface area (Å²) in [6, 6.07) is 0. The summed E-state index contributed by atoms with van der Waals surface area (Å²) in [7, 11) is 0. The summed E-state index contributed by atoms with van der Waals surface area (Å²) in [6.07, 6.45) is 8.18. The normalized spacial score (nSPS) is 13.4. The first kappa shape index (κ1) is 20.1. The SMILES string of the molecule is CC.OCCOCCOCCOCCOC1=CC=CCC1. The second kappa shape index (κ2) is 17.2. The average Bonchev–Trinajstić information content (AvgIpc) is 2.55. The van der Waals surface area contributed by atoms with Crippen molar-refractivity contribution in [3.8, 4) is 0 Å². The van der Waals surface area contributed by atoms with E-state index >= 15 is 0 Å². The molecule has 1 aliphatic carbocycles. The number of rotatable bonds is 12. The van der Waals surface area contributed by atoms with Gasteiger partial charge in [-0.15, -0.1) is 0 Å². The van der Waals surface area contributed by atoms with Gasteiger partial charge in [-0.3, -0.25) is 0 Å².